The summed E-state index contributed by atoms with van der Waals surface area (Å²) in [6, 6.07) is 14.2. The summed E-state index contributed by atoms with van der Waals surface area (Å²) in [7, 11) is -1.48. The Labute approximate surface area is 155 Å². The largest absolute Gasteiger partial charge is 0.497 e. The number of hydrogen-bond donors (Lipinski definition) is 1. The number of carbonyl (C=O) groups excluding carboxylic acids is 1. The summed E-state index contributed by atoms with van der Waals surface area (Å²) < 4.78 is 27.9. The Morgan fingerprint density at radius 3 is 2.08 bits per heavy atom. The van der Waals surface area contributed by atoms with Crippen LogP contribution in [-0.2, 0) is 15.6 Å². The van der Waals surface area contributed by atoms with Gasteiger partial charge in [-0.15, -0.1) is 0 Å². The summed E-state index contributed by atoms with van der Waals surface area (Å²) in [5, 5.41) is 3.06. The highest BCUT2D eigenvalue weighted by Crippen LogP contribution is 2.24. The number of sulfone groups is 1. The minimum absolute atomic E-state index is 0.0324. The van der Waals surface area contributed by atoms with Gasteiger partial charge in [-0.3, -0.25) is 4.79 Å². The third kappa shape index (κ3) is 5.59. The second-order valence-corrected chi connectivity index (χ2v) is 8.88. The van der Waals surface area contributed by atoms with Crippen LogP contribution in [0.1, 0.15) is 41.4 Å². The van der Waals surface area contributed by atoms with Crippen LogP contribution in [0.5, 0.6) is 5.75 Å². The van der Waals surface area contributed by atoms with E-state index in [1.54, 1.807) is 31.4 Å². The van der Waals surface area contributed by atoms with Gasteiger partial charge in [0, 0.05) is 11.8 Å². The van der Waals surface area contributed by atoms with Crippen LogP contribution in [0.15, 0.2) is 48.5 Å². The average Bonchev–Trinajstić information content (AvgIpc) is 2.58. The molecule has 1 amide bonds. The van der Waals surface area contributed by atoms with Crippen molar-refractivity contribution in [2.24, 2.45) is 5.92 Å². The van der Waals surface area contributed by atoms with E-state index in [-0.39, 0.29) is 23.6 Å². The molecule has 2 rings (SSSR count). The fraction of sp³-hybridized carbons (Fsp3) is 0.350. The molecule has 1 N–H and O–H groups in total. The van der Waals surface area contributed by atoms with Crippen LogP contribution >= 0.6 is 0 Å². The van der Waals surface area contributed by atoms with Gasteiger partial charge in [0.25, 0.3) is 5.91 Å². The third-order valence-corrected chi connectivity index (χ3v) is 4.93. The number of ether oxygens (including phenoxy) is 1. The number of carbonyl (C=O) groups is 1. The number of nitrogens with one attached hydrogen (secondary N) is 1. The summed E-state index contributed by atoms with van der Waals surface area (Å²) in [4.78, 5) is 12.6. The SMILES string of the molecule is COc1ccc(C(NC(=O)c2ccc(CS(C)(=O)=O)cc2)C(C)C)cc1. The van der Waals surface area contributed by atoms with E-state index >= 15 is 0 Å². The molecule has 0 aliphatic heterocycles. The zero-order valence-corrected chi connectivity index (χ0v) is 16.3. The molecule has 0 aliphatic rings. The van der Waals surface area contributed by atoms with Gasteiger partial charge in [-0.05, 0) is 41.3 Å². The molecule has 1 atom stereocenters. The Morgan fingerprint density at radius 1 is 1.04 bits per heavy atom. The lowest BCUT2D eigenvalue weighted by atomic mass is 9.95. The maximum Gasteiger partial charge on any atom is 0.251 e. The van der Waals surface area contributed by atoms with E-state index in [0.717, 1.165) is 11.3 Å². The zero-order chi connectivity index (χ0) is 19.3. The van der Waals surface area contributed by atoms with Crippen LogP contribution in [-0.4, -0.2) is 27.7 Å². The van der Waals surface area contributed by atoms with Gasteiger partial charge in [-0.25, -0.2) is 8.42 Å². The number of benzene rings is 2. The summed E-state index contributed by atoms with van der Waals surface area (Å²) >= 11 is 0. The summed E-state index contributed by atoms with van der Waals surface area (Å²) in [6.07, 6.45) is 1.19. The van der Waals surface area contributed by atoms with Crippen molar-refractivity contribution in [1.29, 1.82) is 0 Å². The van der Waals surface area contributed by atoms with E-state index < -0.39 is 9.84 Å². The molecular formula is C20H25NO4S. The van der Waals surface area contributed by atoms with Gasteiger partial charge in [0.2, 0.25) is 0 Å². The van der Waals surface area contributed by atoms with Crippen molar-refractivity contribution in [2.45, 2.75) is 25.6 Å². The van der Waals surface area contributed by atoms with E-state index in [1.807, 2.05) is 38.1 Å². The molecule has 0 saturated heterocycles. The molecule has 0 saturated carbocycles. The summed E-state index contributed by atoms with van der Waals surface area (Å²) in [6.45, 7) is 4.09. The molecule has 0 aromatic heterocycles. The molecule has 1 unspecified atom stereocenters. The Kier molecular flexibility index (Phi) is 6.42. The second-order valence-electron chi connectivity index (χ2n) is 6.74. The zero-order valence-electron chi connectivity index (χ0n) is 15.5. The molecule has 140 valence electrons. The predicted molar refractivity (Wildman–Crippen MR) is 103 cm³/mol. The molecule has 5 nitrogen and oxygen atoms in total. The van der Waals surface area contributed by atoms with Crippen molar-refractivity contribution >= 4 is 15.7 Å². The quantitative estimate of drug-likeness (QED) is 0.805. The first-order valence-electron chi connectivity index (χ1n) is 8.41. The minimum atomic E-state index is -3.09. The number of hydrogen-bond acceptors (Lipinski definition) is 4. The van der Waals surface area contributed by atoms with Gasteiger partial charge in [0.1, 0.15) is 5.75 Å². The highest BCUT2D eigenvalue weighted by Gasteiger charge is 2.19. The van der Waals surface area contributed by atoms with Crippen molar-refractivity contribution < 1.29 is 17.9 Å². The Bertz CT molecular complexity index is 840. The van der Waals surface area contributed by atoms with Crippen LogP contribution in [0.3, 0.4) is 0 Å². The lowest BCUT2D eigenvalue weighted by Crippen LogP contribution is -2.31. The first-order valence-corrected chi connectivity index (χ1v) is 10.5. The molecule has 2 aromatic rings. The second kappa shape index (κ2) is 8.36. The molecule has 2 aromatic carbocycles. The molecule has 0 heterocycles. The molecule has 6 heteroatoms. The monoisotopic (exact) mass is 375 g/mol. The molecule has 0 spiro atoms. The van der Waals surface area contributed by atoms with Crippen molar-refractivity contribution in [1.82, 2.24) is 5.32 Å². The summed E-state index contributed by atoms with van der Waals surface area (Å²) in [5.41, 5.74) is 2.17. The van der Waals surface area contributed by atoms with E-state index in [9.17, 15) is 13.2 Å². The average molecular weight is 375 g/mol. The lowest BCUT2D eigenvalue weighted by molar-refractivity contribution is 0.0925. The number of methoxy groups -OCH3 is 1. The van der Waals surface area contributed by atoms with Gasteiger partial charge in [-0.1, -0.05) is 38.1 Å². The van der Waals surface area contributed by atoms with Crippen molar-refractivity contribution in [3.05, 3.63) is 65.2 Å². The number of amides is 1. The first kappa shape index (κ1) is 20.0. The number of rotatable bonds is 7. The maximum atomic E-state index is 12.6. The maximum absolute atomic E-state index is 12.6. The van der Waals surface area contributed by atoms with Crippen LogP contribution in [0.25, 0.3) is 0 Å². The molecular weight excluding hydrogens is 350 g/mol. The fourth-order valence-electron chi connectivity index (χ4n) is 2.73. The van der Waals surface area contributed by atoms with Gasteiger partial charge >= 0.3 is 0 Å². The van der Waals surface area contributed by atoms with Crippen molar-refractivity contribution in [2.75, 3.05) is 13.4 Å². The Hall–Kier alpha value is -2.34. The van der Waals surface area contributed by atoms with E-state index in [0.29, 0.717) is 11.1 Å². The molecule has 0 radical (unpaired) electrons. The first-order chi connectivity index (χ1) is 12.2. The Balaban J connectivity index is 2.14. The standard InChI is InChI=1S/C20H25NO4S/c1-14(2)19(16-9-11-18(25-3)12-10-16)21-20(22)17-7-5-15(6-8-17)13-26(4,23)24/h5-12,14,19H,13H2,1-4H3,(H,21,22). The smallest absolute Gasteiger partial charge is 0.251 e. The molecule has 0 bridgehead atoms. The highest BCUT2D eigenvalue weighted by molar-refractivity contribution is 7.89. The van der Waals surface area contributed by atoms with Crippen LogP contribution in [0.4, 0.5) is 0 Å². The van der Waals surface area contributed by atoms with Gasteiger partial charge in [0.05, 0.1) is 18.9 Å². The predicted octanol–water partition coefficient (Wildman–Crippen LogP) is 3.37. The Morgan fingerprint density at radius 2 is 1.62 bits per heavy atom. The van der Waals surface area contributed by atoms with Crippen molar-refractivity contribution in [3.63, 3.8) is 0 Å². The normalized spacial score (nSPS) is 12.7. The molecule has 26 heavy (non-hydrogen) atoms. The molecule has 0 fully saturated rings. The fourth-order valence-corrected chi connectivity index (χ4v) is 3.52. The molecule has 0 aliphatic carbocycles. The van der Waals surface area contributed by atoms with Crippen LogP contribution in [0, 0.1) is 5.92 Å². The van der Waals surface area contributed by atoms with Crippen LogP contribution < -0.4 is 10.1 Å². The van der Waals surface area contributed by atoms with Crippen LogP contribution in [0.2, 0.25) is 0 Å². The topological polar surface area (TPSA) is 72.5 Å². The van der Waals surface area contributed by atoms with Gasteiger partial charge in [0.15, 0.2) is 9.84 Å². The third-order valence-electron chi connectivity index (χ3n) is 4.07. The van der Waals surface area contributed by atoms with E-state index in [1.165, 1.54) is 6.26 Å². The summed E-state index contributed by atoms with van der Waals surface area (Å²) in [5.74, 6) is 0.751. The minimum Gasteiger partial charge on any atom is -0.497 e. The van der Waals surface area contributed by atoms with E-state index in [2.05, 4.69) is 5.32 Å². The van der Waals surface area contributed by atoms with Crippen molar-refractivity contribution in [3.8, 4) is 5.75 Å². The van der Waals surface area contributed by atoms with Gasteiger partial charge in [-0.2, -0.15) is 0 Å². The van der Waals surface area contributed by atoms with E-state index in [4.69, 9.17) is 4.74 Å². The lowest BCUT2D eigenvalue weighted by Gasteiger charge is -2.23. The van der Waals surface area contributed by atoms with Gasteiger partial charge < -0.3 is 10.1 Å². The highest BCUT2D eigenvalue weighted by atomic mass is 32.2.